The molecular weight excluding hydrogens is 294 g/mol. The zero-order valence-corrected chi connectivity index (χ0v) is 14.4. The van der Waals surface area contributed by atoms with Gasteiger partial charge in [-0.1, -0.05) is 44.6 Å². The summed E-state index contributed by atoms with van der Waals surface area (Å²) in [6.45, 7) is 9.90. The quantitative estimate of drug-likeness (QED) is 0.524. The van der Waals surface area contributed by atoms with Gasteiger partial charge in [0.1, 0.15) is 5.75 Å². The van der Waals surface area contributed by atoms with Crippen LogP contribution in [0.4, 0.5) is 0 Å². The fourth-order valence-corrected chi connectivity index (χ4v) is 2.99. The van der Waals surface area contributed by atoms with Crippen molar-refractivity contribution in [3.8, 4) is 5.75 Å². The second-order valence-electron chi connectivity index (χ2n) is 7.45. The molecule has 0 radical (unpaired) electrons. The number of rotatable bonds is 3. The molecule has 1 aromatic rings. The third-order valence-corrected chi connectivity index (χ3v) is 4.19. The zero-order chi connectivity index (χ0) is 17.4. The molecule has 0 spiro atoms. The van der Waals surface area contributed by atoms with Crippen LogP contribution >= 0.6 is 0 Å². The summed E-state index contributed by atoms with van der Waals surface area (Å²) < 4.78 is 5.61. The Labute approximate surface area is 137 Å². The lowest BCUT2D eigenvalue weighted by atomic mass is 9.78. The molecule has 0 saturated heterocycles. The molecular formula is C18H25NO4. The van der Waals surface area contributed by atoms with Crippen LogP contribution in [0, 0.1) is 16.0 Å². The van der Waals surface area contributed by atoms with E-state index in [0.29, 0.717) is 5.75 Å². The molecule has 3 atom stereocenters. The molecule has 2 rings (SSSR count). The summed E-state index contributed by atoms with van der Waals surface area (Å²) in [5, 5.41) is 21.4. The van der Waals surface area contributed by atoms with Crippen molar-refractivity contribution in [3.05, 3.63) is 51.1 Å². The second kappa shape index (κ2) is 6.32. The fraction of sp³-hybridized carbons (Fsp3) is 0.556. The first-order valence-electron chi connectivity index (χ1n) is 7.85. The summed E-state index contributed by atoms with van der Waals surface area (Å²) in [6.07, 6.45) is 0.800. The van der Waals surface area contributed by atoms with E-state index in [-0.39, 0.29) is 16.9 Å². The van der Waals surface area contributed by atoms with Gasteiger partial charge in [0.05, 0.1) is 11.8 Å². The average molecular weight is 319 g/mol. The fourth-order valence-electron chi connectivity index (χ4n) is 2.99. The molecule has 1 unspecified atom stereocenters. The van der Waals surface area contributed by atoms with Crippen molar-refractivity contribution in [1.82, 2.24) is 0 Å². The van der Waals surface area contributed by atoms with Crippen molar-refractivity contribution < 1.29 is 14.8 Å². The summed E-state index contributed by atoms with van der Waals surface area (Å²) in [4.78, 5) is 10.8. The normalized spacial score (nSPS) is 23.7. The number of aliphatic hydroxyl groups excluding tert-OH is 1. The molecule has 0 aliphatic carbocycles. The van der Waals surface area contributed by atoms with Gasteiger partial charge < -0.3 is 9.84 Å². The van der Waals surface area contributed by atoms with Crippen LogP contribution in [0.2, 0.25) is 0 Å². The number of hydrogen-bond acceptors (Lipinski definition) is 4. The number of ether oxygens (including phenoxy) is 1. The van der Waals surface area contributed by atoms with Crippen LogP contribution in [0.1, 0.15) is 51.7 Å². The van der Waals surface area contributed by atoms with E-state index in [9.17, 15) is 15.2 Å². The molecule has 0 fully saturated rings. The van der Waals surface area contributed by atoms with Crippen molar-refractivity contribution >= 4 is 0 Å². The van der Waals surface area contributed by atoms with Crippen molar-refractivity contribution in [1.29, 1.82) is 0 Å². The molecule has 23 heavy (non-hydrogen) atoms. The van der Waals surface area contributed by atoms with E-state index in [0.717, 1.165) is 16.7 Å². The highest BCUT2D eigenvalue weighted by molar-refractivity contribution is 5.44. The van der Waals surface area contributed by atoms with E-state index < -0.39 is 18.1 Å². The van der Waals surface area contributed by atoms with Crippen molar-refractivity contribution in [3.63, 3.8) is 0 Å². The van der Waals surface area contributed by atoms with Gasteiger partial charge in [0, 0.05) is 10.5 Å². The third-order valence-electron chi connectivity index (χ3n) is 4.19. The van der Waals surface area contributed by atoms with Gasteiger partial charge in [0.15, 0.2) is 0 Å². The van der Waals surface area contributed by atoms with Gasteiger partial charge in [-0.3, -0.25) is 10.1 Å². The van der Waals surface area contributed by atoms with Gasteiger partial charge in [0.25, 0.3) is 0 Å². The minimum atomic E-state index is -1.07. The van der Waals surface area contributed by atoms with Crippen LogP contribution in [0.25, 0.3) is 0 Å². The van der Waals surface area contributed by atoms with Crippen molar-refractivity contribution in [2.45, 2.75) is 52.2 Å². The molecule has 1 aliphatic heterocycles. The number of aliphatic hydroxyl groups is 1. The maximum absolute atomic E-state index is 11.2. The first-order valence-corrected chi connectivity index (χ1v) is 7.85. The highest BCUT2D eigenvalue weighted by Crippen LogP contribution is 2.42. The highest BCUT2D eigenvalue weighted by Gasteiger charge is 2.39. The lowest BCUT2D eigenvalue weighted by Crippen LogP contribution is -2.38. The summed E-state index contributed by atoms with van der Waals surface area (Å²) >= 11 is 0. The van der Waals surface area contributed by atoms with Crippen LogP contribution in [0.15, 0.2) is 29.8 Å². The van der Waals surface area contributed by atoms with Crippen LogP contribution in [-0.4, -0.2) is 22.9 Å². The number of fused-ring (bicyclic) bond motifs is 1. The van der Waals surface area contributed by atoms with Crippen LogP contribution < -0.4 is 4.74 Å². The molecule has 5 heteroatoms. The van der Waals surface area contributed by atoms with E-state index in [1.54, 1.807) is 0 Å². The SMILES string of the molecule is CC(C)=C[C@@H]1C(O)Oc2ccc(C(C)(C)C)cc2[C@@H]1C[N+](=O)[O-]. The largest absolute Gasteiger partial charge is 0.464 e. The predicted molar refractivity (Wildman–Crippen MR) is 89.3 cm³/mol. The Bertz CT molecular complexity index is 626. The van der Waals surface area contributed by atoms with Gasteiger partial charge in [-0.05, 0) is 30.9 Å². The van der Waals surface area contributed by atoms with Gasteiger partial charge in [-0.2, -0.15) is 0 Å². The smallest absolute Gasteiger partial charge is 0.211 e. The number of benzene rings is 1. The standard InChI is InChI=1S/C18H25NO4/c1-11(2)8-14-15(10-19(21)22)13-9-12(18(3,4)5)6-7-16(13)23-17(14)20/h6-9,14-15,17,20H,10H2,1-5H3/t14-,15-,17?/m0/s1. The Kier molecular flexibility index (Phi) is 4.80. The lowest BCUT2D eigenvalue weighted by Gasteiger charge is -2.35. The van der Waals surface area contributed by atoms with E-state index in [1.165, 1.54) is 0 Å². The van der Waals surface area contributed by atoms with Crippen LogP contribution in [0.3, 0.4) is 0 Å². The van der Waals surface area contributed by atoms with Crippen LogP contribution in [-0.2, 0) is 5.41 Å². The predicted octanol–water partition coefficient (Wildman–Crippen LogP) is 3.64. The first kappa shape index (κ1) is 17.5. The minimum absolute atomic E-state index is 0.0593. The Hall–Kier alpha value is -1.88. The topological polar surface area (TPSA) is 72.6 Å². The highest BCUT2D eigenvalue weighted by atomic mass is 16.6. The number of nitrogens with zero attached hydrogens (tertiary/aromatic N) is 1. The number of hydrogen-bond donors (Lipinski definition) is 1. The Balaban J connectivity index is 2.55. The Morgan fingerprint density at radius 2 is 2.04 bits per heavy atom. The summed E-state index contributed by atoms with van der Waals surface area (Å²) in [6, 6.07) is 5.75. The van der Waals surface area contributed by atoms with Gasteiger partial charge in [-0.25, -0.2) is 0 Å². The van der Waals surface area contributed by atoms with E-state index >= 15 is 0 Å². The van der Waals surface area contributed by atoms with Gasteiger partial charge in [0.2, 0.25) is 12.8 Å². The molecule has 0 saturated carbocycles. The lowest BCUT2D eigenvalue weighted by molar-refractivity contribution is -0.485. The van der Waals surface area contributed by atoms with Crippen molar-refractivity contribution in [2.75, 3.05) is 6.54 Å². The molecule has 5 nitrogen and oxygen atoms in total. The molecule has 1 N–H and O–H groups in total. The van der Waals surface area contributed by atoms with E-state index in [1.807, 2.05) is 38.1 Å². The number of allylic oxidation sites excluding steroid dienone is 1. The average Bonchev–Trinajstić information content (AvgIpc) is 2.40. The Morgan fingerprint density at radius 1 is 1.39 bits per heavy atom. The zero-order valence-electron chi connectivity index (χ0n) is 14.4. The monoisotopic (exact) mass is 319 g/mol. The maximum atomic E-state index is 11.2. The molecule has 1 heterocycles. The second-order valence-corrected chi connectivity index (χ2v) is 7.45. The summed E-state index contributed by atoms with van der Waals surface area (Å²) in [7, 11) is 0. The molecule has 0 aromatic heterocycles. The Morgan fingerprint density at radius 3 is 2.57 bits per heavy atom. The van der Waals surface area contributed by atoms with E-state index in [2.05, 4.69) is 20.8 Å². The third kappa shape index (κ3) is 3.91. The first-order chi connectivity index (χ1) is 10.6. The maximum Gasteiger partial charge on any atom is 0.211 e. The van der Waals surface area contributed by atoms with Gasteiger partial charge >= 0.3 is 0 Å². The molecule has 1 aliphatic rings. The molecule has 0 bridgehead atoms. The van der Waals surface area contributed by atoms with E-state index in [4.69, 9.17) is 4.74 Å². The molecule has 126 valence electrons. The summed E-state index contributed by atoms with van der Waals surface area (Å²) in [5.74, 6) is -0.287. The molecule has 1 aromatic carbocycles. The summed E-state index contributed by atoms with van der Waals surface area (Å²) in [5.41, 5.74) is 2.85. The molecule has 0 amide bonds. The van der Waals surface area contributed by atoms with Gasteiger partial charge in [-0.15, -0.1) is 0 Å². The van der Waals surface area contributed by atoms with Crippen molar-refractivity contribution in [2.24, 2.45) is 5.92 Å². The number of nitro groups is 1. The minimum Gasteiger partial charge on any atom is -0.464 e. The van der Waals surface area contributed by atoms with Crippen LogP contribution in [0.5, 0.6) is 5.75 Å².